The molecule has 5 heteroatoms. The molecule has 18 heavy (non-hydrogen) atoms. The Morgan fingerprint density at radius 1 is 1.28 bits per heavy atom. The molecule has 2 aromatic rings. The Kier molecular flexibility index (Phi) is 3.23. The molecule has 0 radical (unpaired) electrons. The molecule has 1 aromatic carbocycles. The van der Waals surface area contributed by atoms with Crippen LogP contribution < -0.4 is 5.32 Å². The Balaban J connectivity index is 2.37. The van der Waals surface area contributed by atoms with Crippen molar-refractivity contribution in [2.45, 2.75) is 12.5 Å². The maximum atomic E-state index is 11.5. The van der Waals surface area contributed by atoms with E-state index in [1.54, 1.807) is 31.2 Å². The van der Waals surface area contributed by atoms with Crippen LogP contribution in [0.1, 0.15) is 12.5 Å². The third kappa shape index (κ3) is 2.29. The van der Waals surface area contributed by atoms with Gasteiger partial charge in [-0.2, -0.15) is 0 Å². The second kappa shape index (κ2) is 4.83. The van der Waals surface area contributed by atoms with E-state index in [0.717, 1.165) is 0 Å². The van der Waals surface area contributed by atoms with E-state index in [1.807, 2.05) is 6.07 Å². The highest BCUT2D eigenvalue weighted by atomic mass is 16.4. The molecule has 0 aliphatic heterocycles. The molecule has 1 heterocycles. The highest BCUT2D eigenvalue weighted by Crippen LogP contribution is 2.25. The molecule has 5 nitrogen and oxygen atoms in total. The summed E-state index contributed by atoms with van der Waals surface area (Å²) in [6.07, 6.45) is 4.53. The van der Waals surface area contributed by atoms with E-state index in [1.165, 1.54) is 18.6 Å². The lowest BCUT2D eigenvalue weighted by atomic mass is 9.92. The molecule has 1 atom stereocenters. The van der Waals surface area contributed by atoms with Crippen molar-refractivity contribution >= 4 is 11.8 Å². The first-order chi connectivity index (χ1) is 8.63. The zero-order valence-electron chi connectivity index (χ0n) is 9.87. The van der Waals surface area contributed by atoms with Gasteiger partial charge in [-0.3, -0.25) is 4.98 Å². The van der Waals surface area contributed by atoms with Gasteiger partial charge >= 0.3 is 5.97 Å². The number of hydrogen-bond donors (Lipinski definition) is 2. The zero-order chi connectivity index (χ0) is 13.0. The molecule has 1 unspecified atom stereocenters. The number of rotatable bonds is 4. The van der Waals surface area contributed by atoms with E-state index >= 15 is 0 Å². The first kappa shape index (κ1) is 12.0. The van der Waals surface area contributed by atoms with Crippen LogP contribution in [-0.2, 0) is 10.3 Å². The molecule has 2 rings (SSSR count). The number of aliphatic carboxylic acids is 1. The first-order valence-corrected chi connectivity index (χ1v) is 5.46. The van der Waals surface area contributed by atoms with Crippen molar-refractivity contribution in [3.8, 4) is 0 Å². The number of aromatic nitrogens is 2. The minimum Gasteiger partial charge on any atom is -0.479 e. The summed E-state index contributed by atoms with van der Waals surface area (Å²) in [5.74, 6) is -0.550. The van der Waals surface area contributed by atoms with Crippen LogP contribution in [0.2, 0.25) is 0 Å². The normalized spacial score (nSPS) is 13.6. The van der Waals surface area contributed by atoms with Crippen molar-refractivity contribution in [2.75, 3.05) is 5.32 Å². The summed E-state index contributed by atoms with van der Waals surface area (Å²) in [5, 5.41) is 12.3. The number of anilines is 1. The van der Waals surface area contributed by atoms with Gasteiger partial charge in [-0.15, -0.1) is 0 Å². The molecule has 0 saturated carbocycles. The zero-order valence-corrected chi connectivity index (χ0v) is 9.87. The van der Waals surface area contributed by atoms with Gasteiger partial charge in [0.05, 0.1) is 6.20 Å². The van der Waals surface area contributed by atoms with Crippen LogP contribution in [-0.4, -0.2) is 21.0 Å². The van der Waals surface area contributed by atoms with Gasteiger partial charge in [-0.1, -0.05) is 30.3 Å². The Labute approximate surface area is 105 Å². The molecule has 0 fully saturated rings. The summed E-state index contributed by atoms with van der Waals surface area (Å²) in [6.45, 7) is 1.60. The maximum Gasteiger partial charge on any atom is 0.333 e. The summed E-state index contributed by atoms with van der Waals surface area (Å²) >= 11 is 0. The fraction of sp³-hybridized carbons (Fsp3) is 0.154. The van der Waals surface area contributed by atoms with Gasteiger partial charge in [-0.25, -0.2) is 9.78 Å². The van der Waals surface area contributed by atoms with Crippen LogP contribution in [0.15, 0.2) is 48.9 Å². The molecule has 0 bridgehead atoms. The molecule has 0 amide bonds. The molecular weight excluding hydrogens is 230 g/mol. The van der Waals surface area contributed by atoms with Crippen LogP contribution in [0.5, 0.6) is 0 Å². The minimum absolute atomic E-state index is 0.422. The van der Waals surface area contributed by atoms with Crippen LogP contribution in [0, 0.1) is 0 Å². The summed E-state index contributed by atoms with van der Waals surface area (Å²) in [7, 11) is 0. The van der Waals surface area contributed by atoms with Gasteiger partial charge in [0.1, 0.15) is 5.82 Å². The van der Waals surface area contributed by atoms with Crippen LogP contribution >= 0.6 is 0 Å². The summed E-state index contributed by atoms with van der Waals surface area (Å²) in [6, 6.07) is 8.97. The number of hydrogen-bond acceptors (Lipinski definition) is 4. The Morgan fingerprint density at radius 2 is 2.00 bits per heavy atom. The first-order valence-electron chi connectivity index (χ1n) is 5.46. The van der Waals surface area contributed by atoms with Gasteiger partial charge in [0.15, 0.2) is 5.54 Å². The average Bonchev–Trinajstić information content (AvgIpc) is 2.40. The summed E-state index contributed by atoms with van der Waals surface area (Å²) in [5.41, 5.74) is -0.583. The van der Waals surface area contributed by atoms with Crippen molar-refractivity contribution < 1.29 is 9.90 Å². The highest BCUT2D eigenvalue weighted by molar-refractivity contribution is 5.83. The Morgan fingerprint density at radius 3 is 2.56 bits per heavy atom. The fourth-order valence-electron chi connectivity index (χ4n) is 1.64. The lowest BCUT2D eigenvalue weighted by Crippen LogP contribution is -2.40. The van der Waals surface area contributed by atoms with E-state index in [2.05, 4.69) is 15.3 Å². The van der Waals surface area contributed by atoms with Crippen molar-refractivity contribution in [1.82, 2.24) is 9.97 Å². The number of benzene rings is 1. The Bertz CT molecular complexity index is 530. The minimum atomic E-state index is -1.24. The van der Waals surface area contributed by atoms with Crippen molar-refractivity contribution in [3.63, 3.8) is 0 Å². The second-order valence-corrected chi connectivity index (χ2v) is 4.01. The van der Waals surface area contributed by atoms with Gasteiger partial charge in [-0.05, 0) is 12.5 Å². The lowest BCUT2D eigenvalue weighted by molar-refractivity contribution is -0.142. The maximum absolute atomic E-state index is 11.5. The van der Waals surface area contributed by atoms with Gasteiger partial charge in [0, 0.05) is 12.4 Å². The van der Waals surface area contributed by atoms with E-state index in [-0.39, 0.29) is 0 Å². The fourth-order valence-corrected chi connectivity index (χ4v) is 1.64. The number of carboxylic acids is 1. The van der Waals surface area contributed by atoms with Crippen LogP contribution in [0.3, 0.4) is 0 Å². The van der Waals surface area contributed by atoms with Crippen LogP contribution in [0.4, 0.5) is 5.82 Å². The summed E-state index contributed by atoms with van der Waals surface area (Å²) < 4.78 is 0. The second-order valence-electron chi connectivity index (χ2n) is 4.01. The monoisotopic (exact) mass is 243 g/mol. The molecule has 0 aliphatic rings. The number of carboxylic acid groups (broad SMARTS) is 1. The van der Waals surface area contributed by atoms with Gasteiger partial charge in [0.25, 0.3) is 0 Å². The predicted molar refractivity (Wildman–Crippen MR) is 67.1 cm³/mol. The topological polar surface area (TPSA) is 75.1 Å². The van der Waals surface area contributed by atoms with Crippen molar-refractivity contribution in [2.24, 2.45) is 0 Å². The quantitative estimate of drug-likeness (QED) is 0.857. The van der Waals surface area contributed by atoms with E-state index in [9.17, 15) is 9.90 Å². The number of nitrogens with one attached hydrogen (secondary N) is 1. The SMILES string of the molecule is CC(Nc1cnccn1)(C(=O)O)c1ccccc1. The Hall–Kier alpha value is -2.43. The predicted octanol–water partition coefficient (Wildman–Crippen LogP) is 1.89. The third-order valence-corrected chi connectivity index (χ3v) is 2.72. The number of carbonyl (C=O) groups is 1. The standard InChI is InChI=1S/C13H13N3O2/c1-13(12(17)18,10-5-3-2-4-6-10)16-11-9-14-7-8-15-11/h2-9H,1H3,(H,15,16)(H,17,18). The molecule has 1 aromatic heterocycles. The molecule has 2 N–H and O–H groups in total. The van der Waals surface area contributed by atoms with Crippen molar-refractivity contribution in [3.05, 3.63) is 54.5 Å². The van der Waals surface area contributed by atoms with E-state index < -0.39 is 11.5 Å². The van der Waals surface area contributed by atoms with Gasteiger partial charge < -0.3 is 10.4 Å². The molecule has 0 aliphatic carbocycles. The van der Waals surface area contributed by atoms with E-state index in [4.69, 9.17) is 0 Å². The third-order valence-electron chi connectivity index (χ3n) is 2.72. The molecule has 0 saturated heterocycles. The molecular formula is C13H13N3O2. The lowest BCUT2D eigenvalue weighted by Gasteiger charge is -2.27. The van der Waals surface area contributed by atoms with Crippen LogP contribution in [0.25, 0.3) is 0 Å². The molecule has 92 valence electrons. The average molecular weight is 243 g/mol. The smallest absolute Gasteiger partial charge is 0.333 e. The highest BCUT2D eigenvalue weighted by Gasteiger charge is 2.35. The molecule has 0 spiro atoms. The summed E-state index contributed by atoms with van der Waals surface area (Å²) in [4.78, 5) is 19.5. The number of nitrogens with zero attached hydrogens (tertiary/aromatic N) is 2. The largest absolute Gasteiger partial charge is 0.479 e. The van der Waals surface area contributed by atoms with Gasteiger partial charge in [0.2, 0.25) is 0 Å². The van der Waals surface area contributed by atoms with Crippen molar-refractivity contribution in [1.29, 1.82) is 0 Å². The van der Waals surface area contributed by atoms with E-state index in [0.29, 0.717) is 11.4 Å².